The van der Waals surface area contributed by atoms with Crippen LogP contribution in [-0.2, 0) is 0 Å². The zero-order chi connectivity index (χ0) is 12.8. The van der Waals surface area contributed by atoms with E-state index in [-0.39, 0.29) is 12.2 Å². The van der Waals surface area contributed by atoms with Gasteiger partial charge in [-0.1, -0.05) is 6.07 Å². The second-order valence-corrected chi connectivity index (χ2v) is 4.44. The molecular formula is C13H22N2O2. The lowest BCUT2D eigenvalue weighted by atomic mass is 10.1. The predicted molar refractivity (Wildman–Crippen MR) is 71.5 cm³/mol. The summed E-state index contributed by atoms with van der Waals surface area (Å²) in [5.41, 5.74) is 3.09. The molecule has 0 aliphatic carbocycles. The van der Waals surface area contributed by atoms with Gasteiger partial charge in [-0.15, -0.1) is 0 Å². The Bertz CT molecular complexity index is 321. The van der Waals surface area contributed by atoms with Gasteiger partial charge in [0.2, 0.25) is 0 Å². The third-order valence-corrected chi connectivity index (χ3v) is 2.51. The van der Waals surface area contributed by atoms with Crippen molar-refractivity contribution >= 4 is 11.4 Å². The number of hydrogen-bond acceptors (Lipinski definition) is 4. The number of hydrogen-bond donors (Lipinski definition) is 4. The summed E-state index contributed by atoms with van der Waals surface area (Å²) >= 11 is 0. The van der Waals surface area contributed by atoms with E-state index in [4.69, 9.17) is 0 Å². The standard InChI is InChI=1S/C13H22N2O2/c1-9(16)7-14-12-5-4-6-13(11(12)3)15-8-10(2)17/h4-6,9-10,14-17H,7-8H2,1-3H3. The summed E-state index contributed by atoms with van der Waals surface area (Å²) in [6.07, 6.45) is -0.744. The smallest absolute Gasteiger partial charge is 0.0684 e. The normalized spacial score (nSPS) is 14.2. The molecular weight excluding hydrogens is 216 g/mol. The molecule has 1 aromatic carbocycles. The molecule has 0 heterocycles. The van der Waals surface area contributed by atoms with Gasteiger partial charge in [-0.2, -0.15) is 0 Å². The van der Waals surface area contributed by atoms with Gasteiger partial charge in [-0.25, -0.2) is 0 Å². The van der Waals surface area contributed by atoms with Gasteiger partial charge in [0, 0.05) is 24.5 Å². The van der Waals surface area contributed by atoms with Crippen molar-refractivity contribution in [3.8, 4) is 0 Å². The number of benzene rings is 1. The molecule has 0 aliphatic rings. The fourth-order valence-electron chi connectivity index (χ4n) is 1.53. The quantitative estimate of drug-likeness (QED) is 0.607. The average molecular weight is 238 g/mol. The second kappa shape index (κ2) is 6.47. The zero-order valence-corrected chi connectivity index (χ0v) is 10.7. The highest BCUT2D eigenvalue weighted by Crippen LogP contribution is 2.23. The van der Waals surface area contributed by atoms with Crippen LogP contribution in [0.4, 0.5) is 11.4 Å². The van der Waals surface area contributed by atoms with Crippen molar-refractivity contribution in [1.82, 2.24) is 0 Å². The van der Waals surface area contributed by atoms with Crippen LogP contribution in [0.15, 0.2) is 18.2 Å². The van der Waals surface area contributed by atoms with Gasteiger partial charge in [0.15, 0.2) is 0 Å². The number of nitrogens with one attached hydrogen (secondary N) is 2. The van der Waals surface area contributed by atoms with Gasteiger partial charge in [0.1, 0.15) is 0 Å². The number of rotatable bonds is 6. The Morgan fingerprint density at radius 2 is 1.41 bits per heavy atom. The van der Waals surface area contributed by atoms with Crippen molar-refractivity contribution in [3.05, 3.63) is 23.8 Å². The van der Waals surface area contributed by atoms with Crippen LogP contribution in [0.1, 0.15) is 19.4 Å². The van der Waals surface area contributed by atoms with Crippen LogP contribution in [-0.4, -0.2) is 35.5 Å². The van der Waals surface area contributed by atoms with Crippen molar-refractivity contribution in [3.63, 3.8) is 0 Å². The molecule has 17 heavy (non-hydrogen) atoms. The van der Waals surface area contributed by atoms with E-state index in [0.717, 1.165) is 16.9 Å². The SMILES string of the molecule is Cc1c(NCC(C)O)cccc1NCC(C)O. The third-order valence-electron chi connectivity index (χ3n) is 2.51. The minimum Gasteiger partial charge on any atom is -0.392 e. The van der Waals surface area contributed by atoms with E-state index in [1.54, 1.807) is 13.8 Å². The van der Waals surface area contributed by atoms with Crippen LogP contribution in [0.5, 0.6) is 0 Å². The van der Waals surface area contributed by atoms with Crippen molar-refractivity contribution in [2.75, 3.05) is 23.7 Å². The molecule has 0 radical (unpaired) electrons. The molecule has 0 bridgehead atoms. The Kier molecular flexibility index (Phi) is 5.25. The molecule has 1 rings (SSSR count). The Hall–Kier alpha value is -1.26. The lowest BCUT2D eigenvalue weighted by Crippen LogP contribution is -2.18. The molecule has 0 saturated carbocycles. The van der Waals surface area contributed by atoms with Crippen LogP contribution in [0.3, 0.4) is 0 Å². The average Bonchev–Trinajstić information content (AvgIpc) is 2.25. The van der Waals surface area contributed by atoms with Crippen LogP contribution in [0, 0.1) is 6.92 Å². The topological polar surface area (TPSA) is 64.5 Å². The molecule has 0 saturated heterocycles. The van der Waals surface area contributed by atoms with Crippen molar-refractivity contribution in [1.29, 1.82) is 0 Å². The van der Waals surface area contributed by atoms with E-state index in [1.165, 1.54) is 0 Å². The van der Waals surface area contributed by atoms with E-state index in [1.807, 2.05) is 25.1 Å². The molecule has 0 spiro atoms. The first-order chi connectivity index (χ1) is 8.00. The van der Waals surface area contributed by atoms with Crippen molar-refractivity contribution in [2.24, 2.45) is 0 Å². The fourth-order valence-corrected chi connectivity index (χ4v) is 1.53. The van der Waals surface area contributed by atoms with E-state index in [2.05, 4.69) is 10.6 Å². The highest BCUT2D eigenvalue weighted by Gasteiger charge is 2.05. The van der Waals surface area contributed by atoms with Gasteiger partial charge in [-0.3, -0.25) is 0 Å². The fraction of sp³-hybridized carbons (Fsp3) is 0.538. The van der Waals surface area contributed by atoms with Gasteiger partial charge in [0.25, 0.3) is 0 Å². The monoisotopic (exact) mass is 238 g/mol. The Morgan fingerprint density at radius 3 is 1.76 bits per heavy atom. The first-order valence-electron chi connectivity index (χ1n) is 5.94. The molecule has 1 aromatic rings. The highest BCUT2D eigenvalue weighted by atomic mass is 16.3. The number of aliphatic hydroxyl groups is 2. The van der Waals surface area contributed by atoms with Gasteiger partial charge in [-0.05, 0) is 38.5 Å². The zero-order valence-electron chi connectivity index (χ0n) is 10.7. The molecule has 0 aliphatic heterocycles. The molecule has 4 heteroatoms. The summed E-state index contributed by atoms with van der Waals surface area (Å²) in [5, 5.41) is 24.9. The summed E-state index contributed by atoms with van der Waals surface area (Å²) in [6, 6.07) is 5.90. The lowest BCUT2D eigenvalue weighted by molar-refractivity contribution is 0.208. The molecule has 96 valence electrons. The largest absolute Gasteiger partial charge is 0.392 e. The molecule has 4 nitrogen and oxygen atoms in total. The highest BCUT2D eigenvalue weighted by molar-refractivity contribution is 5.65. The molecule has 0 aromatic heterocycles. The maximum Gasteiger partial charge on any atom is 0.0684 e. The summed E-state index contributed by atoms with van der Waals surface area (Å²) in [5.74, 6) is 0. The summed E-state index contributed by atoms with van der Waals surface area (Å²) in [7, 11) is 0. The van der Waals surface area contributed by atoms with E-state index in [0.29, 0.717) is 13.1 Å². The molecule has 4 N–H and O–H groups in total. The number of aliphatic hydroxyl groups excluding tert-OH is 2. The van der Waals surface area contributed by atoms with E-state index in [9.17, 15) is 10.2 Å². The molecule has 0 fully saturated rings. The van der Waals surface area contributed by atoms with Gasteiger partial charge < -0.3 is 20.8 Å². The van der Waals surface area contributed by atoms with Crippen LogP contribution in [0.25, 0.3) is 0 Å². The summed E-state index contributed by atoms with van der Waals surface area (Å²) in [6.45, 7) is 6.56. The Morgan fingerprint density at radius 1 is 1.00 bits per heavy atom. The van der Waals surface area contributed by atoms with Crippen molar-refractivity contribution < 1.29 is 10.2 Å². The first-order valence-corrected chi connectivity index (χ1v) is 5.94. The van der Waals surface area contributed by atoms with Crippen LogP contribution >= 0.6 is 0 Å². The minimum absolute atomic E-state index is 0.372. The van der Waals surface area contributed by atoms with Gasteiger partial charge in [0.05, 0.1) is 12.2 Å². The Labute approximate surface area is 103 Å². The summed E-state index contributed by atoms with van der Waals surface area (Å²) < 4.78 is 0. The predicted octanol–water partition coefficient (Wildman–Crippen LogP) is 1.58. The first kappa shape index (κ1) is 13.8. The maximum absolute atomic E-state index is 9.24. The van der Waals surface area contributed by atoms with E-state index >= 15 is 0 Å². The van der Waals surface area contributed by atoms with Crippen LogP contribution in [0.2, 0.25) is 0 Å². The Balaban J connectivity index is 2.69. The van der Waals surface area contributed by atoms with Crippen LogP contribution < -0.4 is 10.6 Å². The molecule has 0 amide bonds. The maximum atomic E-state index is 9.24. The van der Waals surface area contributed by atoms with Crippen molar-refractivity contribution in [2.45, 2.75) is 33.0 Å². The lowest BCUT2D eigenvalue weighted by Gasteiger charge is -2.16. The number of anilines is 2. The minimum atomic E-state index is -0.372. The summed E-state index contributed by atoms with van der Waals surface area (Å²) in [4.78, 5) is 0. The molecule has 2 unspecified atom stereocenters. The third kappa shape index (κ3) is 4.63. The van der Waals surface area contributed by atoms with E-state index < -0.39 is 0 Å². The molecule has 2 atom stereocenters. The second-order valence-electron chi connectivity index (χ2n) is 4.44. The van der Waals surface area contributed by atoms with Gasteiger partial charge >= 0.3 is 0 Å².